The minimum absolute atomic E-state index is 0.532. The van der Waals surface area contributed by atoms with Crippen LogP contribution in [0.3, 0.4) is 0 Å². The molecule has 1 heterocycles. The molecule has 2 rings (SSSR count). The first-order chi connectivity index (χ1) is 7.33. The quantitative estimate of drug-likeness (QED) is 0.687. The normalized spacial score (nSPS) is 8.87. The summed E-state index contributed by atoms with van der Waals surface area (Å²) in [6, 6.07) is 9.06. The molecular weight excluding hydrogens is 192 g/mol. The van der Waals surface area contributed by atoms with Crippen LogP contribution in [0.2, 0.25) is 0 Å². The second-order valence-corrected chi connectivity index (χ2v) is 2.76. The van der Waals surface area contributed by atoms with E-state index in [0.717, 1.165) is 24.3 Å². The van der Waals surface area contributed by atoms with Gasteiger partial charge in [-0.25, -0.2) is 0 Å². The van der Waals surface area contributed by atoms with E-state index < -0.39 is 0 Å². The summed E-state index contributed by atoms with van der Waals surface area (Å²) in [6.45, 7) is 0. The number of aldehydes is 1. The number of aliphatic hydroxyl groups excluding tert-OH is 1. The van der Waals surface area contributed by atoms with Crippen molar-refractivity contribution in [1.29, 1.82) is 5.26 Å². The number of rotatable bonds is 1. The van der Waals surface area contributed by atoms with E-state index in [2.05, 4.69) is 4.98 Å². The second-order valence-electron chi connectivity index (χ2n) is 2.76. The molecule has 4 heteroatoms. The number of nitrogens with zero attached hydrogens (tertiary/aromatic N) is 1. The number of hydrogen-bond acceptors (Lipinski definition) is 3. The van der Waals surface area contributed by atoms with Crippen molar-refractivity contribution in [3.8, 4) is 6.07 Å². The lowest BCUT2D eigenvalue weighted by molar-refractivity contribution is 0.112. The molecule has 1 aromatic heterocycles. The molecule has 2 N–H and O–H groups in total. The van der Waals surface area contributed by atoms with Gasteiger partial charge in [0.15, 0.2) is 6.29 Å². The predicted molar refractivity (Wildman–Crippen MR) is 56.5 cm³/mol. The van der Waals surface area contributed by atoms with Crippen molar-refractivity contribution in [3.05, 3.63) is 35.5 Å². The smallest absolute Gasteiger partial charge is 0.166 e. The molecule has 0 aliphatic heterocycles. The molecule has 0 unspecified atom stereocenters. The van der Waals surface area contributed by atoms with Gasteiger partial charge in [0.25, 0.3) is 0 Å². The molecule has 15 heavy (non-hydrogen) atoms. The van der Waals surface area contributed by atoms with Crippen molar-refractivity contribution < 1.29 is 9.90 Å². The van der Waals surface area contributed by atoms with Crippen LogP contribution in [0.15, 0.2) is 24.3 Å². The number of aromatic amines is 1. The van der Waals surface area contributed by atoms with Gasteiger partial charge in [0.2, 0.25) is 0 Å². The third-order valence-electron chi connectivity index (χ3n) is 1.90. The molecule has 0 fully saturated rings. The maximum Gasteiger partial charge on any atom is 0.166 e. The molecule has 0 radical (unpaired) electrons. The molecule has 1 aromatic carbocycles. The van der Waals surface area contributed by atoms with E-state index in [-0.39, 0.29) is 0 Å². The van der Waals surface area contributed by atoms with Crippen LogP contribution in [0.1, 0.15) is 16.1 Å². The lowest BCUT2D eigenvalue weighted by Gasteiger charge is -1.88. The van der Waals surface area contributed by atoms with Gasteiger partial charge in [-0.05, 0) is 18.2 Å². The standard InChI is InChI=1S/C10H6N2O.CH4O/c11-5-7-1-2-8-4-9(6-13)12-10(8)3-7;1-2/h1-4,6,12H;2H,1H3. The largest absolute Gasteiger partial charge is 0.400 e. The Morgan fingerprint density at radius 2 is 2.13 bits per heavy atom. The molecule has 2 aromatic rings. The van der Waals surface area contributed by atoms with Gasteiger partial charge in [-0.15, -0.1) is 0 Å². The Kier molecular flexibility index (Phi) is 3.61. The molecule has 0 saturated heterocycles. The zero-order chi connectivity index (χ0) is 11.3. The van der Waals surface area contributed by atoms with Gasteiger partial charge in [0, 0.05) is 18.0 Å². The van der Waals surface area contributed by atoms with Crippen molar-refractivity contribution >= 4 is 17.2 Å². The van der Waals surface area contributed by atoms with Crippen LogP contribution >= 0.6 is 0 Å². The Balaban J connectivity index is 0.000000531. The fourth-order valence-corrected chi connectivity index (χ4v) is 1.28. The van der Waals surface area contributed by atoms with E-state index in [0.29, 0.717) is 11.3 Å². The summed E-state index contributed by atoms with van der Waals surface area (Å²) in [7, 11) is 1.00. The number of benzene rings is 1. The average molecular weight is 202 g/mol. The molecule has 0 aliphatic carbocycles. The maximum atomic E-state index is 10.4. The molecule has 0 aliphatic rings. The summed E-state index contributed by atoms with van der Waals surface area (Å²) in [6.07, 6.45) is 0.756. The molecule has 0 spiro atoms. The Morgan fingerprint density at radius 1 is 1.40 bits per heavy atom. The number of aliphatic hydroxyl groups is 1. The monoisotopic (exact) mass is 202 g/mol. The Bertz CT molecular complexity index is 509. The minimum atomic E-state index is 0.532. The average Bonchev–Trinajstić information content (AvgIpc) is 2.73. The summed E-state index contributed by atoms with van der Waals surface area (Å²) in [4.78, 5) is 13.3. The van der Waals surface area contributed by atoms with Crippen LogP contribution in [0.25, 0.3) is 10.9 Å². The molecular formula is C11H10N2O2. The minimum Gasteiger partial charge on any atom is -0.400 e. The second kappa shape index (κ2) is 4.94. The highest BCUT2D eigenvalue weighted by molar-refractivity contribution is 5.88. The van der Waals surface area contributed by atoms with Crippen LogP contribution < -0.4 is 0 Å². The zero-order valence-electron chi connectivity index (χ0n) is 8.19. The van der Waals surface area contributed by atoms with Gasteiger partial charge in [0.1, 0.15) is 0 Å². The zero-order valence-corrected chi connectivity index (χ0v) is 8.19. The Labute approximate surface area is 86.8 Å². The van der Waals surface area contributed by atoms with Crippen LogP contribution in [0.5, 0.6) is 0 Å². The van der Waals surface area contributed by atoms with Gasteiger partial charge in [0.05, 0.1) is 17.3 Å². The van der Waals surface area contributed by atoms with Crippen molar-refractivity contribution in [1.82, 2.24) is 4.98 Å². The Hall–Kier alpha value is -2.12. The van der Waals surface area contributed by atoms with Crippen LogP contribution in [-0.4, -0.2) is 23.5 Å². The highest BCUT2D eigenvalue weighted by Crippen LogP contribution is 2.15. The van der Waals surface area contributed by atoms with Gasteiger partial charge >= 0.3 is 0 Å². The summed E-state index contributed by atoms with van der Waals surface area (Å²) < 4.78 is 0. The lowest BCUT2D eigenvalue weighted by atomic mass is 10.2. The molecule has 0 bridgehead atoms. The summed E-state index contributed by atoms with van der Waals surface area (Å²) in [5.74, 6) is 0. The lowest BCUT2D eigenvalue weighted by Crippen LogP contribution is -1.76. The number of hydrogen-bond donors (Lipinski definition) is 2. The van der Waals surface area contributed by atoms with Gasteiger partial charge in [-0.3, -0.25) is 4.79 Å². The molecule has 4 nitrogen and oxygen atoms in total. The van der Waals surface area contributed by atoms with E-state index in [1.54, 1.807) is 18.2 Å². The number of fused-ring (bicyclic) bond motifs is 1. The number of carbonyl (C=O) groups excluding carboxylic acids is 1. The summed E-state index contributed by atoms with van der Waals surface area (Å²) in [5.41, 5.74) is 1.94. The first kappa shape index (κ1) is 11.0. The van der Waals surface area contributed by atoms with Gasteiger partial charge < -0.3 is 10.1 Å². The van der Waals surface area contributed by atoms with Gasteiger partial charge in [-0.1, -0.05) is 6.07 Å². The van der Waals surface area contributed by atoms with Crippen LogP contribution in [-0.2, 0) is 0 Å². The molecule has 0 amide bonds. The molecule has 0 saturated carbocycles. The van der Waals surface area contributed by atoms with Crippen molar-refractivity contribution in [2.45, 2.75) is 0 Å². The number of nitrogens with one attached hydrogen (secondary N) is 1. The highest BCUT2D eigenvalue weighted by atomic mass is 16.2. The third-order valence-corrected chi connectivity index (χ3v) is 1.90. The third kappa shape index (κ3) is 2.22. The number of nitriles is 1. The van der Waals surface area contributed by atoms with Crippen molar-refractivity contribution in [2.24, 2.45) is 0 Å². The number of carbonyl (C=O) groups is 1. The van der Waals surface area contributed by atoms with E-state index in [1.165, 1.54) is 0 Å². The van der Waals surface area contributed by atoms with E-state index in [9.17, 15) is 4.79 Å². The van der Waals surface area contributed by atoms with E-state index in [4.69, 9.17) is 10.4 Å². The number of H-pyrrole nitrogens is 1. The summed E-state index contributed by atoms with van der Waals surface area (Å²) >= 11 is 0. The predicted octanol–water partition coefficient (Wildman–Crippen LogP) is 1.46. The van der Waals surface area contributed by atoms with Gasteiger partial charge in [-0.2, -0.15) is 5.26 Å². The van der Waals surface area contributed by atoms with E-state index in [1.807, 2.05) is 12.1 Å². The number of aromatic nitrogens is 1. The Morgan fingerprint density at radius 3 is 2.73 bits per heavy atom. The maximum absolute atomic E-state index is 10.4. The first-order valence-electron chi connectivity index (χ1n) is 4.26. The topological polar surface area (TPSA) is 76.9 Å². The van der Waals surface area contributed by atoms with Crippen LogP contribution in [0.4, 0.5) is 0 Å². The van der Waals surface area contributed by atoms with Crippen LogP contribution in [0, 0.1) is 11.3 Å². The summed E-state index contributed by atoms with van der Waals surface area (Å²) in [5, 5.41) is 16.6. The highest BCUT2D eigenvalue weighted by Gasteiger charge is 1.99. The SMILES string of the molecule is CO.N#Cc1ccc2cc(C=O)[nH]c2c1. The fraction of sp³-hybridized carbons (Fsp3) is 0.0909. The van der Waals surface area contributed by atoms with Crippen molar-refractivity contribution in [2.75, 3.05) is 7.11 Å². The molecule has 0 atom stereocenters. The van der Waals surface area contributed by atoms with E-state index >= 15 is 0 Å². The first-order valence-corrected chi connectivity index (χ1v) is 4.26. The fourth-order valence-electron chi connectivity index (χ4n) is 1.28. The molecule has 76 valence electrons. The van der Waals surface area contributed by atoms with Crippen molar-refractivity contribution in [3.63, 3.8) is 0 Å².